The predicted octanol–water partition coefficient (Wildman–Crippen LogP) is 1.91. The first-order valence-electron chi connectivity index (χ1n) is 4.34. The van der Waals surface area contributed by atoms with Crippen LogP contribution in [0.2, 0.25) is 0 Å². The number of methoxy groups -OCH3 is 1. The predicted molar refractivity (Wildman–Crippen MR) is 59.0 cm³/mol. The lowest BCUT2D eigenvalue weighted by Crippen LogP contribution is -1.95. The Morgan fingerprint density at radius 3 is 2.88 bits per heavy atom. The van der Waals surface area contributed by atoms with Crippen LogP contribution in [0.4, 0.5) is 0 Å². The van der Waals surface area contributed by atoms with Gasteiger partial charge in [-0.25, -0.2) is 8.42 Å². The minimum atomic E-state index is -3.62. The minimum absolute atomic E-state index is 0.0921. The number of ether oxygens (including phenoxy) is 1. The summed E-state index contributed by atoms with van der Waals surface area (Å²) in [6.07, 6.45) is 0.0921. The van der Waals surface area contributed by atoms with Crippen molar-refractivity contribution < 1.29 is 17.6 Å². The summed E-state index contributed by atoms with van der Waals surface area (Å²) < 4.78 is 32.0. The molecule has 1 aromatic carbocycles. The molecule has 2 rings (SSSR count). The summed E-state index contributed by atoms with van der Waals surface area (Å²) >= 11 is 0. The maximum atomic E-state index is 11.0. The molecule has 0 aliphatic rings. The van der Waals surface area contributed by atoms with Gasteiger partial charge in [0.1, 0.15) is 5.52 Å². The molecule has 0 saturated carbocycles. The number of benzene rings is 1. The molecule has 0 amide bonds. The molecule has 1 heterocycles. The van der Waals surface area contributed by atoms with Crippen molar-refractivity contribution in [2.75, 3.05) is 7.11 Å². The number of hydrogen-bond donors (Lipinski definition) is 0. The van der Waals surface area contributed by atoms with Crippen LogP contribution in [0.25, 0.3) is 11.1 Å². The average Bonchev–Trinajstić information content (AvgIpc) is 2.59. The van der Waals surface area contributed by atoms with Gasteiger partial charge in [0, 0.05) is 10.7 Å². The molecule has 0 radical (unpaired) electrons. The second-order valence-electron chi connectivity index (χ2n) is 3.13. The Labute approximate surface area is 96.4 Å². The third-order valence-corrected chi connectivity index (χ3v) is 2.97. The van der Waals surface area contributed by atoms with E-state index in [9.17, 15) is 8.42 Å². The van der Waals surface area contributed by atoms with Crippen molar-refractivity contribution in [3.8, 4) is 6.08 Å². The van der Waals surface area contributed by atoms with E-state index in [1.807, 2.05) is 0 Å². The van der Waals surface area contributed by atoms with Crippen molar-refractivity contribution in [2.45, 2.75) is 5.75 Å². The first-order valence-corrected chi connectivity index (χ1v) is 6.82. The van der Waals surface area contributed by atoms with Gasteiger partial charge in [-0.3, -0.25) is 0 Å². The van der Waals surface area contributed by atoms with Gasteiger partial charge in [-0.05, 0) is 11.6 Å². The Balaban J connectivity index is 2.57. The van der Waals surface area contributed by atoms with Crippen LogP contribution in [0.3, 0.4) is 0 Å². The van der Waals surface area contributed by atoms with Crippen molar-refractivity contribution in [1.82, 2.24) is 4.98 Å². The van der Waals surface area contributed by atoms with Crippen LogP contribution in [0, 0.1) is 0 Å². The second kappa shape index (κ2) is 3.95. The first kappa shape index (κ1) is 11.2. The van der Waals surface area contributed by atoms with Gasteiger partial charge in [-0.15, -0.1) is 0 Å². The summed E-state index contributed by atoms with van der Waals surface area (Å²) in [5, 5.41) is 0. The zero-order chi connectivity index (χ0) is 11.8. The minimum Gasteiger partial charge on any atom is -0.453 e. The first-order chi connectivity index (χ1) is 7.49. The normalized spacial score (nSPS) is 11.9. The number of nitrogens with zero attached hydrogens (tertiary/aromatic N) is 1. The number of oxazole rings is 1. The Morgan fingerprint density at radius 1 is 1.50 bits per heavy atom. The van der Waals surface area contributed by atoms with E-state index < -0.39 is 9.05 Å². The summed E-state index contributed by atoms with van der Waals surface area (Å²) in [5.41, 5.74) is 1.40. The third-order valence-electron chi connectivity index (χ3n) is 1.99. The molecule has 0 atom stereocenters. The smallest absolute Gasteiger partial charge is 0.394 e. The van der Waals surface area contributed by atoms with Gasteiger partial charge in [0.2, 0.25) is 9.05 Å². The molecule has 0 spiro atoms. The molecular weight excluding hydrogens is 254 g/mol. The van der Waals surface area contributed by atoms with Crippen LogP contribution in [-0.2, 0) is 14.8 Å². The average molecular weight is 262 g/mol. The Morgan fingerprint density at radius 2 is 2.25 bits per heavy atom. The Bertz CT molecular complexity index is 619. The number of para-hydroxylation sites is 1. The topological polar surface area (TPSA) is 69.4 Å². The lowest BCUT2D eigenvalue weighted by Gasteiger charge is -1.97. The zero-order valence-electron chi connectivity index (χ0n) is 8.31. The molecule has 16 heavy (non-hydrogen) atoms. The van der Waals surface area contributed by atoms with Gasteiger partial charge in [0.05, 0.1) is 12.9 Å². The van der Waals surface area contributed by atoms with E-state index in [2.05, 4.69) is 4.98 Å². The van der Waals surface area contributed by atoms with Gasteiger partial charge in [0.15, 0.2) is 5.58 Å². The molecule has 0 unspecified atom stereocenters. The molecule has 0 bridgehead atoms. The highest BCUT2D eigenvalue weighted by Crippen LogP contribution is 2.25. The van der Waals surface area contributed by atoms with Crippen LogP contribution < -0.4 is 4.74 Å². The number of aromatic nitrogens is 1. The van der Waals surface area contributed by atoms with E-state index in [1.165, 1.54) is 7.11 Å². The molecule has 7 heteroatoms. The largest absolute Gasteiger partial charge is 0.453 e. The van der Waals surface area contributed by atoms with E-state index in [0.717, 1.165) is 0 Å². The molecule has 86 valence electrons. The van der Waals surface area contributed by atoms with Crippen LogP contribution >= 0.6 is 10.7 Å². The van der Waals surface area contributed by atoms with Crippen molar-refractivity contribution in [3.05, 3.63) is 23.8 Å². The summed E-state index contributed by atoms with van der Waals surface area (Å²) in [5.74, 6) is -0.290. The van der Waals surface area contributed by atoms with Crippen LogP contribution in [0.15, 0.2) is 22.6 Å². The van der Waals surface area contributed by atoms with Crippen molar-refractivity contribution in [2.24, 2.45) is 0 Å². The van der Waals surface area contributed by atoms with E-state index in [-0.39, 0.29) is 11.8 Å². The quantitative estimate of drug-likeness (QED) is 0.790. The maximum absolute atomic E-state index is 11.0. The van der Waals surface area contributed by atoms with Crippen LogP contribution in [-0.4, -0.2) is 20.5 Å². The Kier molecular flexibility index (Phi) is 2.77. The summed E-state index contributed by atoms with van der Waals surface area (Å²) in [6, 6.07) is 4.98. The lowest BCUT2D eigenvalue weighted by molar-refractivity contribution is 0.299. The standard InChI is InChI=1S/C9H8ClNO4S/c1-14-9-11-8-6(5-16(10,12)13)3-2-4-7(8)15-9/h2-4H,5H2,1H3. The highest BCUT2D eigenvalue weighted by Gasteiger charge is 2.14. The monoisotopic (exact) mass is 261 g/mol. The third kappa shape index (κ3) is 2.28. The molecule has 0 aliphatic carbocycles. The van der Waals surface area contributed by atoms with Crippen molar-refractivity contribution in [3.63, 3.8) is 0 Å². The highest BCUT2D eigenvalue weighted by atomic mass is 35.7. The molecule has 0 aliphatic heterocycles. The molecule has 0 saturated heterocycles. The fourth-order valence-electron chi connectivity index (χ4n) is 1.37. The number of halogens is 1. The number of fused-ring (bicyclic) bond motifs is 1. The summed E-state index contributed by atoms with van der Waals surface area (Å²) in [6.45, 7) is 0. The van der Waals surface area contributed by atoms with Crippen molar-refractivity contribution >= 4 is 30.8 Å². The van der Waals surface area contributed by atoms with E-state index >= 15 is 0 Å². The van der Waals surface area contributed by atoms with E-state index in [4.69, 9.17) is 19.8 Å². The van der Waals surface area contributed by atoms with Crippen molar-refractivity contribution in [1.29, 1.82) is 0 Å². The van der Waals surface area contributed by atoms with Gasteiger partial charge in [-0.2, -0.15) is 4.98 Å². The van der Waals surface area contributed by atoms with Gasteiger partial charge >= 0.3 is 6.08 Å². The molecule has 2 aromatic rings. The van der Waals surface area contributed by atoms with Crippen LogP contribution in [0.5, 0.6) is 6.08 Å². The molecule has 1 aromatic heterocycles. The fourth-order valence-corrected chi connectivity index (χ4v) is 2.33. The van der Waals surface area contributed by atoms with Crippen LogP contribution in [0.1, 0.15) is 5.56 Å². The molecule has 5 nitrogen and oxygen atoms in total. The summed E-state index contributed by atoms with van der Waals surface area (Å²) in [4.78, 5) is 4.00. The van der Waals surface area contributed by atoms with E-state index in [1.54, 1.807) is 18.2 Å². The van der Waals surface area contributed by atoms with E-state index in [0.29, 0.717) is 16.7 Å². The van der Waals surface area contributed by atoms with Gasteiger partial charge in [0.25, 0.3) is 0 Å². The Hall–Kier alpha value is -1.27. The highest BCUT2D eigenvalue weighted by molar-refractivity contribution is 8.13. The maximum Gasteiger partial charge on any atom is 0.394 e. The second-order valence-corrected chi connectivity index (χ2v) is 5.91. The SMILES string of the molecule is COc1nc2c(CS(=O)(=O)Cl)cccc2o1. The molecule has 0 N–H and O–H groups in total. The number of hydrogen-bond acceptors (Lipinski definition) is 5. The molecule has 0 fully saturated rings. The number of rotatable bonds is 3. The fraction of sp³-hybridized carbons (Fsp3) is 0.222. The summed E-state index contributed by atoms with van der Waals surface area (Å²) in [7, 11) is 2.99. The zero-order valence-corrected chi connectivity index (χ0v) is 9.88. The molecular formula is C9H8ClNO4S. The van der Waals surface area contributed by atoms with Gasteiger partial charge in [-0.1, -0.05) is 12.1 Å². The lowest BCUT2D eigenvalue weighted by atomic mass is 10.2. The van der Waals surface area contributed by atoms with Gasteiger partial charge < -0.3 is 9.15 Å².